The van der Waals surface area contributed by atoms with E-state index >= 15 is 0 Å². The zero-order chi connectivity index (χ0) is 15.9. The van der Waals surface area contributed by atoms with Gasteiger partial charge in [0.25, 0.3) is 5.56 Å². The first-order valence-electron chi connectivity index (χ1n) is 6.94. The van der Waals surface area contributed by atoms with Gasteiger partial charge < -0.3 is 10.3 Å². The molecular weight excluding hydrogens is 299 g/mol. The van der Waals surface area contributed by atoms with Gasteiger partial charge in [0.2, 0.25) is 0 Å². The van der Waals surface area contributed by atoms with Crippen LogP contribution in [0.4, 0.5) is 13.2 Å². The molecule has 2 N–H and O–H groups in total. The highest BCUT2D eigenvalue weighted by Crippen LogP contribution is 2.30. The van der Waals surface area contributed by atoms with E-state index in [1.165, 1.54) is 0 Å². The Labute approximate surface area is 122 Å². The maximum absolute atomic E-state index is 12.7. The van der Waals surface area contributed by atoms with Crippen LogP contribution in [0.2, 0.25) is 0 Å². The molecule has 1 aromatic heterocycles. The van der Waals surface area contributed by atoms with Crippen LogP contribution in [0, 0.1) is 0 Å². The first-order chi connectivity index (χ1) is 10.4. The Kier molecular flexibility index (Phi) is 3.56. The van der Waals surface area contributed by atoms with Gasteiger partial charge in [0.05, 0.1) is 22.5 Å². The van der Waals surface area contributed by atoms with Gasteiger partial charge in [0.15, 0.2) is 0 Å². The Bertz CT molecular complexity index is 817. The monoisotopic (exact) mass is 313 g/mol. The normalized spacial score (nSPS) is 19.5. The smallest absolute Gasteiger partial charge is 0.315 e. The topological polar surface area (TPSA) is 66.9 Å². The Morgan fingerprint density at radius 2 is 2.00 bits per heavy atom. The Hall–Kier alpha value is -2.09. The Balaban J connectivity index is 2.17. The van der Waals surface area contributed by atoms with E-state index in [4.69, 9.17) is 0 Å². The molecule has 1 fully saturated rings. The van der Waals surface area contributed by atoms with Crippen molar-refractivity contribution < 1.29 is 13.2 Å². The number of fused-ring (bicyclic) bond motifs is 1. The molecule has 1 aliphatic heterocycles. The largest absolute Gasteiger partial charge is 0.416 e. The summed E-state index contributed by atoms with van der Waals surface area (Å²) in [6.07, 6.45) is -3.00. The van der Waals surface area contributed by atoms with Gasteiger partial charge in [-0.15, -0.1) is 0 Å². The lowest BCUT2D eigenvalue weighted by Gasteiger charge is -2.24. The summed E-state index contributed by atoms with van der Waals surface area (Å²) in [6.45, 7) is 1.32. The third-order valence-electron chi connectivity index (χ3n) is 3.89. The Morgan fingerprint density at radius 1 is 1.23 bits per heavy atom. The van der Waals surface area contributed by atoms with Crippen molar-refractivity contribution >= 4 is 10.9 Å². The van der Waals surface area contributed by atoms with Crippen LogP contribution >= 0.6 is 0 Å². The number of aromatic amines is 1. The molecule has 118 valence electrons. The van der Waals surface area contributed by atoms with Crippen LogP contribution in [0.1, 0.15) is 24.4 Å². The molecule has 0 radical (unpaired) electrons. The fraction of sp³-hybridized carbons (Fsp3) is 0.429. The van der Waals surface area contributed by atoms with Gasteiger partial charge in [-0.3, -0.25) is 9.36 Å². The second kappa shape index (κ2) is 5.28. The predicted octanol–water partition coefficient (Wildman–Crippen LogP) is 1.63. The summed E-state index contributed by atoms with van der Waals surface area (Å²) in [4.78, 5) is 26.9. The van der Waals surface area contributed by atoms with Gasteiger partial charge in [0.1, 0.15) is 0 Å². The molecule has 1 aliphatic rings. The summed E-state index contributed by atoms with van der Waals surface area (Å²) in [6, 6.07) is 2.48. The lowest BCUT2D eigenvalue weighted by Crippen LogP contribution is -2.43. The molecule has 1 aromatic carbocycles. The molecule has 0 spiro atoms. The van der Waals surface area contributed by atoms with Crippen molar-refractivity contribution in [3.63, 3.8) is 0 Å². The summed E-state index contributed by atoms with van der Waals surface area (Å²) >= 11 is 0. The number of benzene rings is 1. The molecule has 2 heterocycles. The van der Waals surface area contributed by atoms with E-state index in [-0.39, 0.29) is 16.9 Å². The minimum absolute atomic E-state index is 0.0816. The highest BCUT2D eigenvalue weighted by Gasteiger charge is 2.31. The summed E-state index contributed by atoms with van der Waals surface area (Å²) < 4.78 is 39.2. The number of alkyl halides is 3. The van der Waals surface area contributed by atoms with Gasteiger partial charge in [-0.2, -0.15) is 13.2 Å². The van der Waals surface area contributed by atoms with Crippen molar-refractivity contribution in [1.29, 1.82) is 0 Å². The van der Waals surface area contributed by atoms with Crippen LogP contribution in [0.3, 0.4) is 0 Å². The molecule has 8 heteroatoms. The number of nitrogens with zero attached hydrogens (tertiary/aromatic N) is 1. The minimum Gasteiger partial charge on any atom is -0.315 e. The number of aromatic nitrogens is 2. The van der Waals surface area contributed by atoms with Crippen LogP contribution in [0.25, 0.3) is 10.9 Å². The summed E-state index contributed by atoms with van der Waals surface area (Å²) in [5, 5.41) is 3.19. The van der Waals surface area contributed by atoms with Crippen molar-refractivity contribution in [2.45, 2.75) is 25.1 Å². The number of hydrogen-bond acceptors (Lipinski definition) is 3. The molecule has 0 amide bonds. The summed E-state index contributed by atoms with van der Waals surface area (Å²) in [5.74, 6) is 0. The van der Waals surface area contributed by atoms with Crippen LogP contribution in [0.15, 0.2) is 27.8 Å². The lowest BCUT2D eigenvalue weighted by atomic mass is 10.1. The van der Waals surface area contributed by atoms with Crippen LogP contribution in [-0.4, -0.2) is 22.6 Å². The minimum atomic E-state index is -4.52. The van der Waals surface area contributed by atoms with Crippen molar-refractivity contribution in [2.75, 3.05) is 13.1 Å². The molecule has 3 rings (SSSR count). The summed E-state index contributed by atoms with van der Waals surface area (Å²) in [5.41, 5.74) is -2.22. The zero-order valence-corrected chi connectivity index (χ0v) is 11.5. The number of nitrogens with one attached hydrogen (secondary N) is 2. The molecule has 1 unspecified atom stereocenters. The molecule has 0 aliphatic carbocycles. The maximum Gasteiger partial charge on any atom is 0.416 e. The van der Waals surface area contributed by atoms with Gasteiger partial charge >= 0.3 is 11.9 Å². The van der Waals surface area contributed by atoms with Gasteiger partial charge in [-0.25, -0.2) is 4.79 Å². The summed E-state index contributed by atoms with van der Waals surface area (Å²) in [7, 11) is 0. The van der Waals surface area contributed by atoms with E-state index in [2.05, 4.69) is 10.3 Å². The molecule has 1 saturated heterocycles. The fourth-order valence-electron chi connectivity index (χ4n) is 2.79. The fourth-order valence-corrected chi connectivity index (χ4v) is 2.79. The van der Waals surface area contributed by atoms with E-state index in [1.807, 2.05) is 0 Å². The van der Waals surface area contributed by atoms with E-state index in [0.29, 0.717) is 13.0 Å². The highest BCUT2D eigenvalue weighted by atomic mass is 19.4. The molecule has 1 atom stereocenters. The first kappa shape index (κ1) is 14.8. The van der Waals surface area contributed by atoms with E-state index in [1.54, 1.807) is 0 Å². The average molecular weight is 313 g/mol. The highest BCUT2D eigenvalue weighted by molar-refractivity contribution is 5.78. The molecule has 0 bridgehead atoms. The van der Waals surface area contributed by atoms with Crippen LogP contribution in [-0.2, 0) is 6.18 Å². The van der Waals surface area contributed by atoms with Gasteiger partial charge in [0, 0.05) is 6.54 Å². The molecule has 5 nitrogen and oxygen atoms in total. The standard InChI is InChI=1S/C14H14F3N3O2/c15-14(16,17)8-3-4-10-11(6-8)19-13(22)20(12(10)21)9-2-1-5-18-7-9/h3-4,6,9,18H,1-2,5,7H2,(H,19,22). The SMILES string of the molecule is O=c1[nH]c2cc(C(F)(F)F)ccc2c(=O)n1C1CCCNC1. The average Bonchev–Trinajstić information content (AvgIpc) is 2.47. The van der Waals surface area contributed by atoms with E-state index < -0.39 is 23.0 Å². The number of hydrogen-bond donors (Lipinski definition) is 2. The zero-order valence-electron chi connectivity index (χ0n) is 11.5. The molecule has 22 heavy (non-hydrogen) atoms. The number of piperidine rings is 1. The van der Waals surface area contributed by atoms with E-state index in [0.717, 1.165) is 35.7 Å². The predicted molar refractivity (Wildman–Crippen MR) is 75.0 cm³/mol. The number of H-pyrrole nitrogens is 1. The number of rotatable bonds is 1. The maximum atomic E-state index is 12.7. The van der Waals surface area contributed by atoms with Crippen molar-refractivity contribution in [1.82, 2.24) is 14.9 Å². The first-order valence-corrected chi connectivity index (χ1v) is 6.94. The van der Waals surface area contributed by atoms with Gasteiger partial charge in [-0.05, 0) is 37.6 Å². The lowest BCUT2D eigenvalue weighted by molar-refractivity contribution is -0.137. The second-order valence-electron chi connectivity index (χ2n) is 5.36. The van der Waals surface area contributed by atoms with Crippen LogP contribution in [0.5, 0.6) is 0 Å². The third kappa shape index (κ3) is 2.54. The van der Waals surface area contributed by atoms with E-state index in [9.17, 15) is 22.8 Å². The molecule has 2 aromatic rings. The quantitative estimate of drug-likeness (QED) is 0.841. The Morgan fingerprint density at radius 3 is 2.64 bits per heavy atom. The molecular formula is C14H14F3N3O2. The number of halogens is 3. The van der Waals surface area contributed by atoms with Crippen molar-refractivity contribution in [3.05, 3.63) is 44.6 Å². The third-order valence-corrected chi connectivity index (χ3v) is 3.89. The molecule has 0 saturated carbocycles. The van der Waals surface area contributed by atoms with Crippen molar-refractivity contribution in [3.8, 4) is 0 Å². The van der Waals surface area contributed by atoms with Crippen LogP contribution < -0.4 is 16.6 Å². The van der Waals surface area contributed by atoms with Gasteiger partial charge in [-0.1, -0.05) is 0 Å². The second-order valence-corrected chi connectivity index (χ2v) is 5.36. The van der Waals surface area contributed by atoms with Crippen molar-refractivity contribution in [2.24, 2.45) is 0 Å².